The van der Waals surface area contributed by atoms with Crippen LogP contribution in [0.4, 0.5) is 16.0 Å². The number of carbonyl (C=O) groups excluding carboxylic acids is 1. The molecule has 4 rings (SSSR count). The van der Waals surface area contributed by atoms with Crippen molar-refractivity contribution in [3.63, 3.8) is 0 Å². The molecule has 3 aromatic rings. The van der Waals surface area contributed by atoms with Gasteiger partial charge in [-0.2, -0.15) is 11.8 Å². The zero-order valence-electron chi connectivity index (χ0n) is 23.2. The van der Waals surface area contributed by atoms with Crippen LogP contribution in [0.5, 0.6) is 5.75 Å². The fourth-order valence-electron chi connectivity index (χ4n) is 4.80. The van der Waals surface area contributed by atoms with Gasteiger partial charge in [-0.05, 0) is 75.8 Å². The molecular formula is C29H36FN5O2S2. The Kier molecular flexibility index (Phi) is 8.66. The van der Waals surface area contributed by atoms with Crippen LogP contribution in [0, 0.1) is 11.7 Å². The van der Waals surface area contributed by atoms with E-state index in [2.05, 4.69) is 41.6 Å². The Morgan fingerprint density at radius 3 is 2.62 bits per heavy atom. The van der Waals surface area contributed by atoms with Crippen molar-refractivity contribution in [2.75, 3.05) is 30.0 Å². The Hall–Kier alpha value is -2.98. The predicted octanol–water partition coefficient (Wildman–Crippen LogP) is 6.45. The second-order valence-electron chi connectivity index (χ2n) is 11.1. The average Bonchev–Trinajstić information content (AvgIpc) is 3.14. The summed E-state index contributed by atoms with van der Waals surface area (Å²) in [5.41, 5.74) is 7.11. The maximum absolute atomic E-state index is 14.6. The van der Waals surface area contributed by atoms with Crippen LogP contribution in [0.3, 0.4) is 0 Å². The number of hydrogen-bond acceptors (Lipinski definition) is 8. The molecule has 1 aromatic carbocycles. The van der Waals surface area contributed by atoms with Crippen LogP contribution in [0.25, 0.3) is 11.3 Å². The summed E-state index contributed by atoms with van der Waals surface area (Å²) >= 11 is 2.91. The lowest BCUT2D eigenvalue weighted by molar-refractivity contribution is 0.0984. The number of anilines is 2. The minimum Gasteiger partial charge on any atom is -0.493 e. The number of amides is 1. The number of rotatable bonds is 9. The molecule has 7 nitrogen and oxygen atoms in total. The Bertz CT molecular complexity index is 1350. The molecule has 0 aliphatic carbocycles. The zero-order chi connectivity index (χ0) is 28.4. The number of hydrogen-bond donors (Lipinski definition) is 2. The van der Waals surface area contributed by atoms with Crippen LogP contribution in [-0.2, 0) is 0 Å². The SMILES string of the molecule is CSC1(C)CN(c2nc(-c3cc(F)cc(OCC(C)C)c3)ccc2C(=O)NSc2cccc(N)n2)C(C)(C)C1. The molecule has 39 heavy (non-hydrogen) atoms. The highest BCUT2D eigenvalue weighted by molar-refractivity contribution is 8.00. The molecule has 208 valence electrons. The van der Waals surface area contributed by atoms with Crippen LogP contribution in [0.2, 0.25) is 0 Å². The van der Waals surface area contributed by atoms with Crippen molar-refractivity contribution in [3.05, 3.63) is 59.9 Å². The molecule has 3 heterocycles. The van der Waals surface area contributed by atoms with E-state index in [1.807, 2.05) is 25.6 Å². The van der Waals surface area contributed by atoms with Gasteiger partial charge in [0.1, 0.15) is 28.2 Å². The summed E-state index contributed by atoms with van der Waals surface area (Å²) in [6.07, 6.45) is 3.03. The number of ether oxygens (including phenoxy) is 1. The summed E-state index contributed by atoms with van der Waals surface area (Å²) < 4.78 is 23.3. The fraction of sp³-hybridized carbons (Fsp3) is 0.414. The molecule has 3 N–H and O–H groups in total. The minimum atomic E-state index is -0.404. The second-order valence-corrected chi connectivity index (χ2v) is 13.3. The van der Waals surface area contributed by atoms with Crippen molar-refractivity contribution in [3.8, 4) is 17.0 Å². The van der Waals surface area contributed by atoms with Gasteiger partial charge in [-0.25, -0.2) is 14.4 Å². The summed E-state index contributed by atoms with van der Waals surface area (Å²) in [5.74, 6) is 0.992. The normalized spacial score (nSPS) is 18.4. The number of carbonyl (C=O) groups is 1. The Labute approximate surface area is 238 Å². The molecule has 1 atom stereocenters. The number of nitrogen functional groups attached to an aromatic ring is 1. The Balaban J connectivity index is 1.73. The predicted molar refractivity (Wildman–Crippen MR) is 160 cm³/mol. The quantitative estimate of drug-likeness (QED) is 0.284. The number of nitrogens with two attached hydrogens (primary N) is 1. The molecule has 1 fully saturated rings. The first-order valence-corrected chi connectivity index (χ1v) is 14.9. The van der Waals surface area contributed by atoms with Crippen molar-refractivity contribution >= 4 is 41.3 Å². The van der Waals surface area contributed by atoms with Gasteiger partial charge >= 0.3 is 0 Å². The van der Waals surface area contributed by atoms with E-state index in [0.717, 1.165) is 18.4 Å². The molecule has 1 unspecified atom stereocenters. The number of halogens is 1. The maximum atomic E-state index is 14.6. The molecule has 1 aliphatic rings. The highest BCUT2D eigenvalue weighted by Crippen LogP contribution is 2.45. The van der Waals surface area contributed by atoms with E-state index < -0.39 is 5.82 Å². The molecule has 10 heteroatoms. The first-order chi connectivity index (χ1) is 18.4. The molecule has 1 saturated heterocycles. The lowest BCUT2D eigenvalue weighted by Crippen LogP contribution is -2.40. The van der Waals surface area contributed by atoms with E-state index in [0.29, 0.717) is 58.3 Å². The first-order valence-electron chi connectivity index (χ1n) is 12.9. The molecule has 2 aromatic heterocycles. The van der Waals surface area contributed by atoms with Gasteiger partial charge in [-0.15, -0.1) is 0 Å². The smallest absolute Gasteiger partial charge is 0.265 e. The van der Waals surface area contributed by atoms with E-state index in [4.69, 9.17) is 15.5 Å². The number of benzene rings is 1. The van der Waals surface area contributed by atoms with Gasteiger partial charge in [0.25, 0.3) is 5.91 Å². The molecule has 0 spiro atoms. The van der Waals surface area contributed by atoms with Gasteiger partial charge in [0.2, 0.25) is 0 Å². The lowest BCUT2D eigenvalue weighted by atomic mass is 9.96. The van der Waals surface area contributed by atoms with Crippen LogP contribution < -0.4 is 20.1 Å². The van der Waals surface area contributed by atoms with E-state index >= 15 is 0 Å². The third-order valence-electron chi connectivity index (χ3n) is 6.64. The van der Waals surface area contributed by atoms with E-state index in [1.54, 1.807) is 36.4 Å². The lowest BCUT2D eigenvalue weighted by Gasteiger charge is -2.33. The third kappa shape index (κ3) is 6.97. The van der Waals surface area contributed by atoms with Crippen molar-refractivity contribution < 1.29 is 13.9 Å². The van der Waals surface area contributed by atoms with Crippen LogP contribution in [0.15, 0.2) is 53.6 Å². The summed E-state index contributed by atoms with van der Waals surface area (Å²) in [5, 5.41) is 0.583. The first kappa shape index (κ1) is 29.0. The molecule has 1 amide bonds. The topological polar surface area (TPSA) is 93.4 Å². The van der Waals surface area contributed by atoms with Gasteiger partial charge in [-0.1, -0.05) is 19.9 Å². The molecule has 0 bridgehead atoms. The highest BCUT2D eigenvalue weighted by atomic mass is 32.2. The number of nitrogens with zero attached hydrogens (tertiary/aromatic N) is 3. The number of thioether (sulfide) groups is 1. The number of nitrogens with one attached hydrogen (secondary N) is 1. The fourth-order valence-corrected chi connectivity index (χ4v) is 6.16. The van der Waals surface area contributed by atoms with E-state index in [9.17, 15) is 9.18 Å². The van der Waals surface area contributed by atoms with Gasteiger partial charge in [0.05, 0.1) is 17.9 Å². The summed E-state index contributed by atoms with van der Waals surface area (Å²) in [7, 11) is 0. The van der Waals surface area contributed by atoms with Gasteiger partial charge < -0.3 is 15.4 Å². The highest BCUT2D eigenvalue weighted by Gasteiger charge is 2.47. The Morgan fingerprint density at radius 2 is 1.95 bits per heavy atom. The van der Waals surface area contributed by atoms with Crippen LogP contribution in [-0.4, -0.2) is 45.6 Å². The zero-order valence-corrected chi connectivity index (χ0v) is 24.9. The molecule has 0 saturated carbocycles. The van der Waals surface area contributed by atoms with Crippen molar-refractivity contribution in [2.24, 2.45) is 5.92 Å². The van der Waals surface area contributed by atoms with Gasteiger partial charge in [0, 0.05) is 40.4 Å². The Morgan fingerprint density at radius 1 is 1.18 bits per heavy atom. The minimum absolute atomic E-state index is 0.00806. The standard InChI is InChI=1S/C29H36FN5O2S2/c1-18(2)15-37-21-13-19(12-20(30)14-21)23-11-10-22(27(36)34-39-25-9-7-8-24(31)33-25)26(32-23)35-17-29(5,38-6)16-28(35,3)4/h7-14,18H,15-17H2,1-6H3,(H2,31,33)(H,34,36). The van der Waals surface area contributed by atoms with Crippen molar-refractivity contribution in [2.45, 2.75) is 56.4 Å². The van der Waals surface area contributed by atoms with Crippen LogP contribution in [0.1, 0.15) is 51.4 Å². The monoisotopic (exact) mass is 569 g/mol. The number of aromatic nitrogens is 2. The summed E-state index contributed by atoms with van der Waals surface area (Å²) in [6.45, 7) is 11.8. The second kappa shape index (κ2) is 11.6. The van der Waals surface area contributed by atoms with Gasteiger partial charge in [0.15, 0.2) is 0 Å². The average molecular weight is 570 g/mol. The summed E-state index contributed by atoms with van der Waals surface area (Å²) in [4.78, 5) is 24.9. The summed E-state index contributed by atoms with van der Waals surface area (Å²) in [6, 6.07) is 13.4. The van der Waals surface area contributed by atoms with Gasteiger partial charge in [-0.3, -0.25) is 9.52 Å². The molecule has 1 aliphatic heterocycles. The van der Waals surface area contributed by atoms with E-state index in [1.165, 1.54) is 12.1 Å². The number of pyridine rings is 2. The third-order valence-corrected chi connectivity index (χ3v) is 8.62. The molecular weight excluding hydrogens is 533 g/mol. The molecule has 0 radical (unpaired) electrons. The van der Waals surface area contributed by atoms with Crippen molar-refractivity contribution in [1.29, 1.82) is 0 Å². The van der Waals surface area contributed by atoms with E-state index in [-0.39, 0.29) is 16.2 Å². The maximum Gasteiger partial charge on any atom is 0.265 e. The largest absolute Gasteiger partial charge is 0.493 e. The van der Waals surface area contributed by atoms with Crippen molar-refractivity contribution in [1.82, 2.24) is 14.7 Å². The van der Waals surface area contributed by atoms with Crippen LogP contribution >= 0.6 is 23.7 Å².